The predicted octanol–water partition coefficient (Wildman–Crippen LogP) is 0.512. The van der Waals surface area contributed by atoms with Gasteiger partial charge >= 0.3 is 0 Å². The number of ketones is 1. The highest BCUT2D eigenvalue weighted by atomic mass is 16.1. The van der Waals surface area contributed by atoms with Gasteiger partial charge < -0.3 is 5.73 Å². The van der Waals surface area contributed by atoms with Gasteiger partial charge in [-0.05, 0) is 33.4 Å². The van der Waals surface area contributed by atoms with Gasteiger partial charge in [-0.1, -0.05) is 0 Å². The van der Waals surface area contributed by atoms with Crippen LogP contribution in [-0.4, -0.2) is 30.3 Å². The Kier molecular flexibility index (Phi) is 2.87. The van der Waals surface area contributed by atoms with E-state index in [0.29, 0.717) is 5.70 Å². The molecule has 0 aromatic rings. The molecule has 2 N–H and O–H groups in total. The lowest BCUT2D eigenvalue weighted by molar-refractivity contribution is -0.118. The van der Waals surface area contributed by atoms with Gasteiger partial charge in [-0.15, -0.1) is 0 Å². The van der Waals surface area contributed by atoms with Crippen molar-refractivity contribution >= 4 is 5.78 Å². The Balaban J connectivity index is 2.58. The highest BCUT2D eigenvalue weighted by Gasteiger charge is 2.25. The van der Waals surface area contributed by atoms with E-state index in [1.54, 1.807) is 6.92 Å². The van der Waals surface area contributed by atoms with Crippen molar-refractivity contribution in [2.24, 2.45) is 5.73 Å². The molecule has 1 heterocycles. The van der Waals surface area contributed by atoms with Crippen LogP contribution in [-0.2, 0) is 4.79 Å². The summed E-state index contributed by atoms with van der Waals surface area (Å²) in [6.07, 6.45) is 3.62. The summed E-state index contributed by atoms with van der Waals surface area (Å²) >= 11 is 0. The van der Waals surface area contributed by atoms with Crippen LogP contribution in [0.25, 0.3) is 0 Å². The van der Waals surface area contributed by atoms with Crippen LogP contribution in [0.15, 0.2) is 11.8 Å². The van der Waals surface area contributed by atoms with E-state index in [1.165, 1.54) is 6.08 Å². The zero-order valence-electron chi connectivity index (χ0n) is 7.71. The molecule has 0 amide bonds. The Morgan fingerprint density at radius 2 is 2.33 bits per heavy atom. The molecule has 0 bridgehead atoms. The number of rotatable bonds is 2. The molecular formula is C9H16N2O. The minimum atomic E-state index is 0.0727. The van der Waals surface area contributed by atoms with Crippen molar-refractivity contribution in [3.63, 3.8) is 0 Å². The van der Waals surface area contributed by atoms with Gasteiger partial charge in [-0.3, -0.25) is 9.69 Å². The third-order valence-electron chi connectivity index (χ3n) is 2.22. The Labute approximate surface area is 73.2 Å². The zero-order chi connectivity index (χ0) is 9.14. The largest absolute Gasteiger partial charge is 0.402 e. The van der Waals surface area contributed by atoms with Crippen LogP contribution in [0.1, 0.15) is 19.8 Å². The second-order valence-corrected chi connectivity index (χ2v) is 3.43. The lowest BCUT2D eigenvalue weighted by Crippen LogP contribution is -2.32. The standard InChI is InChI=1S/C9H16N2O/c1-7(10)6-9(12)8-4-3-5-11(8)2/h6,8H,3-5,10H2,1-2H3/b7-6-/t8-/m0/s1. The minimum Gasteiger partial charge on any atom is -0.402 e. The first-order valence-electron chi connectivity index (χ1n) is 4.29. The van der Waals surface area contributed by atoms with Crippen LogP contribution in [0, 0.1) is 0 Å². The quantitative estimate of drug-likeness (QED) is 0.611. The lowest BCUT2D eigenvalue weighted by atomic mass is 10.1. The second kappa shape index (κ2) is 3.72. The molecule has 1 rings (SSSR count). The van der Waals surface area contributed by atoms with Crippen molar-refractivity contribution in [3.05, 3.63) is 11.8 Å². The van der Waals surface area contributed by atoms with Crippen LogP contribution >= 0.6 is 0 Å². The predicted molar refractivity (Wildman–Crippen MR) is 48.6 cm³/mol. The molecule has 3 nitrogen and oxygen atoms in total. The Hall–Kier alpha value is -0.830. The molecular weight excluding hydrogens is 152 g/mol. The lowest BCUT2D eigenvalue weighted by Gasteiger charge is -2.15. The molecule has 3 heteroatoms. The van der Waals surface area contributed by atoms with Crippen molar-refractivity contribution in [2.45, 2.75) is 25.8 Å². The van der Waals surface area contributed by atoms with Gasteiger partial charge in [0.15, 0.2) is 5.78 Å². The summed E-state index contributed by atoms with van der Waals surface area (Å²) in [7, 11) is 1.98. The first-order chi connectivity index (χ1) is 5.61. The molecule has 0 aromatic carbocycles. The molecule has 0 unspecified atom stereocenters. The van der Waals surface area contributed by atoms with Gasteiger partial charge in [0, 0.05) is 11.8 Å². The summed E-state index contributed by atoms with van der Waals surface area (Å²) in [5.74, 6) is 0.148. The fourth-order valence-electron chi connectivity index (χ4n) is 1.59. The van der Waals surface area contributed by atoms with Crippen LogP contribution in [0.5, 0.6) is 0 Å². The topological polar surface area (TPSA) is 46.3 Å². The normalized spacial score (nSPS) is 26.2. The number of carbonyl (C=O) groups excluding carboxylic acids is 1. The van der Waals surface area contributed by atoms with E-state index >= 15 is 0 Å². The number of nitrogens with two attached hydrogens (primary N) is 1. The zero-order valence-corrected chi connectivity index (χ0v) is 7.71. The molecule has 0 spiro atoms. The maximum atomic E-state index is 11.5. The average Bonchev–Trinajstić information content (AvgIpc) is 2.33. The first kappa shape index (κ1) is 9.26. The summed E-state index contributed by atoms with van der Waals surface area (Å²) in [5, 5.41) is 0. The molecule has 1 saturated heterocycles. The molecule has 0 aliphatic carbocycles. The van der Waals surface area contributed by atoms with E-state index in [-0.39, 0.29) is 11.8 Å². The highest BCUT2D eigenvalue weighted by Crippen LogP contribution is 2.15. The summed E-state index contributed by atoms with van der Waals surface area (Å²) in [4.78, 5) is 13.6. The SMILES string of the molecule is C/C(N)=C/C(=O)[C@@H]1CCCN1C. The maximum Gasteiger partial charge on any atom is 0.174 e. The van der Waals surface area contributed by atoms with E-state index in [9.17, 15) is 4.79 Å². The molecule has 1 aliphatic rings. The maximum absolute atomic E-state index is 11.5. The molecule has 1 atom stereocenters. The molecule has 1 fully saturated rings. The number of hydrogen-bond acceptors (Lipinski definition) is 3. The van der Waals surface area contributed by atoms with E-state index in [0.717, 1.165) is 19.4 Å². The number of nitrogens with zero attached hydrogens (tertiary/aromatic N) is 1. The number of allylic oxidation sites excluding steroid dienone is 1. The van der Waals surface area contributed by atoms with Crippen molar-refractivity contribution < 1.29 is 4.79 Å². The van der Waals surface area contributed by atoms with Gasteiger partial charge in [0.25, 0.3) is 0 Å². The van der Waals surface area contributed by atoms with Gasteiger partial charge in [0.2, 0.25) is 0 Å². The van der Waals surface area contributed by atoms with E-state index < -0.39 is 0 Å². The van der Waals surface area contributed by atoms with Crippen molar-refractivity contribution in [2.75, 3.05) is 13.6 Å². The van der Waals surface area contributed by atoms with Crippen molar-refractivity contribution in [1.82, 2.24) is 4.90 Å². The fourth-order valence-corrected chi connectivity index (χ4v) is 1.59. The Bertz CT molecular complexity index is 207. The van der Waals surface area contributed by atoms with E-state index in [1.807, 2.05) is 7.05 Å². The average molecular weight is 168 g/mol. The highest BCUT2D eigenvalue weighted by molar-refractivity contribution is 5.94. The number of carbonyl (C=O) groups is 1. The van der Waals surface area contributed by atoms with Gasteiger partial charge in [0.1, 0.15) is 0 Å². The van der Waals surface area contributed by atoms with Crippen molar-refractivity contribution in [1.29, 1.82) is 0 Å². The fraction of sp³-hybridized carbons (Fsp3) is 0.667. The van der Waals surface area contributed by atoms with Crippen LogP contribution in [0.4, 0.5) is 0 Å². The Morgan fingerprint density at radius 1 is 1.67 bits per heavy atom. The smallest absolute Gasteiger partial charge is 0.174 e. The van der Waals surface area contributed by atoms with Crippen LogP contribution in [0.2, 0.25) is 0 Å². The van der Waals surface area contributed by atoms with Gasteiger partial charge in [-0.25, -0.2) is 0 Å². The molecule has 68 valence electrons. The monoisotopic (exact) mass is 168 g/mol. The number of hydrogen-bond donors (Lipinski definition) is 1. The van der Waals surface area contributed by atoms with E-state index in [4.69, 9.17) is 5.73 Å². The molecule has 0 saturated carbocycles. The van der Waals surface area contributed by atoms with E-state index in [2.05, 4.69) is 4.90 Å². The van der Waals surface area contributed by atoms with Crippen LogP contribution < -0.4 is 5.73 Å². The second-order valence-electron chi connectivity index (χ2n) is 3.43. The number of likely N-dealkylation sites (N-methyl/N-ethyl adjacent to an activating group) is 1. The minimum absolute atomic E-state index is 0.0727. The van der Waals surface area contributed by atoms with Crippen molar-refractivity contribution in [3.8, 4) is 0 Å². The molecule has 0 radical (unpaired) electrons. The van der Waals surface area contributed by atoms with Crippen LogP contribution in [0.3, 0.4) is 0 Å². The molecule has 0 aromatic heterocycles. The number of likely N-dealkylation sites (tertiary alicyclic amines) is 1. The third kappa shape index (κ3) is 2.08. The molecule has 1 aliphatic heterocycles. The third-order valence-corrected chi connectivity index (χ3v) is 2.22. The van der Waals surface area contributed by atoms with Gasteiger partial charge in [0.05, 0.1) is 6.04 Å². The first-order valence-corrected chi connectivity index (χ1v) is 4.29. The summed E-state index contributed by atoms with van der Waals surface area (Å²) in [6.45, 7) is 2.76. The summed E-state index contributed by atoms with van der Waals surface area (Å²) in [5.41, 5.74) is 6.03. The summed E-state index contributed by atoms with van der Waals surface area (Å²) in [6, 6.07) is 0.0727. The van der Waals surface area contributed by atoms with Gasteiger partial charge in [-0.2, -0.15) is 0 Å². The molecule has 12 heavy (non-hydrogen) atoms. The Morgan fingerprint density at radius 3 is 2.75 bits per heavy atom. The summed E-state index contributed by atoms with van der Waals surface area (Å²) < 4.78 is 0.